The minimum Gasteiger partial charge on any atom is -0.446 e. The summed E-state index contributed by atoms with van der Waals surface area (Å²) in [6.07, 6.45) is -2.20. The average molecular weight is 302 g/mol. The Morgan fingerprint density at radius 3 is 2.24 bits per heavy atom. The van der Waals surface area contributed by atoms with Crippen molar-refractivity contribution in [1.29, 1.82) is 0 Å². The van der Waals surface area contributed by atoms with E-state index in [1.165, 1.54) is 12.1 Å². The van der Waals surface area contributed by atoms with Crippen LogP contribution in [0.4, 0.5) is 23.7 Å². The first-order valence-corrected chi connectivity index (χ1v) is 6.75. The molecule has 0 radical (unpaired) electrons. The monoisotopic (exact) mass is 302 g/mol. The van der Waals surface area contributed by atoms with Crippen molar-refractivity contribution in [2.45, 2.75) is 44.0 Å². The second kappa shape index (κ2) is 6.34. The first-order valence-electron chi connectivity index (χ1n) is 6.75. The molecule has 116 valence electrons. The van der Waals surface area contributed by atoms with Gasteiger partial charge in [-0.2, -0.15) is 13.2 Å². The number of carbonyl (C=O) groups is 1. The fourth-order valence-electron chi connectivity index (χ4n) is 2.25. The summed E-state index contributed by atoms with van der Waals surface area (Å²) in [4.78, 5) is 11.7. The number of alkyl halides is 3. The number of amides is 1. The predicted molar refractivity (Wildman–Crippen MR) is 71.8 cm³/mol. The normalized spacial score (nSPS) is 22.7. The van der Waals surface area contributed by atoms with Gasteiger partial charge in [0.05, 0.1) is 5.56 Å². The quantitative estimate of drug-likeness (QED) is 0.878. The largest absolute Gasteiger partial charge is 0.446 e. The topological polar surface area (TPSA) is 64.3 Å². The van der Waals surface area contributed by atoms with E-state index in [4.69, 9.17) is 10.5 Å². The molecule has 0 spiro atoms. The summed E-state index contributed by atoms with van der Waals surface area (Å²) in [5, 5.41) is 2.42. The maximum absolute atomic E-state index is 12.4. The van der Waals surface area contributed by atoms with E-state index in [1.54, 1.807) is 0 Å². The highest BCUT2D eigenvalue weighted by Crippen LogP contribution is 2.29. The third-order valence-corrected chi connectivity index (χ3v) is 3.45. The number of anilines is 1. The molecule has 0 heterocycles. The van der Waals surface area contributed by atoms with Gasteiger partial charge in [-0.25, -0.2) is 4.79 Å². The summed E-state index contributed by atoms with van der Waals surface area (Å²) in [7, 11) is 0. The van der Waals surface area contributed by atoms with Crippen LogP contribution in [0.1, 0.15) is 31.2 Å². The van der Waals surface area contributed by atoms with Crippen LogP contribution in [-0.4, -0.2) is 18.2 Å². The molecule has 3 N–H and O–H groups in total. The van der Waals surface area contributed by atoms with E-state index in [2.05, 4.69) is 5.32 Å². The van der Waals surface area contributed by atoms with Gasteiger partial charge in [0.1, 0.15) is 6.10 Å². The summed E-state index contributed by atoms with van der Waals surface area (Å²) in [6.45, 7) is 0. The van der Waals surface area contributed by atoms with Crippen LogP contribution in [0.3, 0.4) is 0 Å². The van der Waals surface area contributed by atoms with Crippen LogP contribution in [0.15, 0.2) is 24.3 Å². The molecule has 1 saturated carbocycles. The van der Waals surface area contributed by atoms with Crippen molar-refractivity contribution in [3.05, 3.63) is 29.8 Å². The van der Waals surface area contributed by atoms with Gasteiger partial charge in [-0.15, -0.1) is 0 Å². The third-order valence-electron chi connectivity index (χ3n) is 3.45. The van der Waals surface area contributed by atoms with Crippen LogP contribution < -0.4 is 11.1 Å². The molecule has 1 aromatic rings. The Morgan fingerprint density at radius 2 is 1.71 bits per heavy atom. The van der Waals surface area contributed by atoms with Crippen molar-refractivity contribution in [3.8, 4) is 0 Å². The van der Waals surface area contributed by atoms with Crippen LogP contribution in [0, 0.1) is 0 Å². The number of carbonyl (C=O) groups excluding carboxylic acids is 1. The number of nitrogens with two attached hydrogens (primary N) is 1. The summed E-state index contributed by atoms with van der Waals surface area (Å²) in [5.74, 6) is 0. The van der Waals surface area contributed by atoms with Crippen LogP contribution in [-0.2, 0) is 10.9 Å². The lowest BCUT2D eigenvalue weighted by molar-refractivity contribution is -0.137. The zero-order valence-electron chi connectivity index (χ0n) is 11.3. The Morgan fingerprint density at radius 1 is 1.14 bits per heavy atom. The van der Waals surface area contributed by atoms with E-state index in [9.17, 15) is 18.0 Å². The third kappa shape index (κ3) is 4.63. The number of benzene rings is 1. The van der Waals surface area contributed by atoms with E-state index in [-0.39, 0.29) is 17.8 Å². The van der Waals surface area contributed by atoms with Gasteiger partial charge < -0.3 is 10.5 Å². The van der Waals surface area contributed by atoms with Crippen molar-refractivity contribution in [1.82, 2.24) is 0 Å². The molecule has 0 aromatic heterocycles. The fraction of sp³-hybridized carbons (Fsp3) is 0.500. The van der Waals surface area contributed by atoms with Gasteiger partial charge in [0.25, 0.3) is 0 Å². The SMILES string of the molecule is NC1CCC(OC(=O)Nc2ccc(C(F)(F)F)cc2)CC1. The fourth-order valence-corrected chi connectivity index (χ4v) is 2.25. The molecule has 4 nitrogen and oxygen atoms in total. The highest BCUT2D eigenvalue weighted by Gasteiger charge is 2.30. The lowest BCUT2D eigenvalue weighted by Gasteiger charge is -2.25. The Hall–Kier alpha value is -1.76. The van der Waals surface area contributed by atoms with Gasteiger partial charge in [0, 0.05) is 11.7 Å². The van der Waals surface area contributed by atoms with Gasteiger partial charge in [-0.1, -0.05) is 0 Å². The van der Waals surface area contributed by atoms with Crippen molar-refractivity contribution < 1.29 is 22.7 Å². The Labute approximate surface area is 120 Å². The molecule has 1 aliphatic rings. The van der Waals surface area contributed by atoms with E-state index < -0.39 is 17.8 Å². The summed E-state index contributed by atoms with van der Waals surface area (Å²) in [6, 6.07) is 4.37. The number of hydrogen-bond acceptors (Lipinski definition) is 3. The molecule has 0 unspecified atom stereocenters. The van der Waals surface area contributed by atoms with Gasteiger partial charge in [-0.05, 0) is 49.9 Å². The first-order chi connectivity index (χ1) is 9.84. The number of rotatable bonds is 2. The van der Waals surface area contributed by atoms with Gasteiger partial charge in [-0.3, -0.25) is 5.32 Å². The molecular weight excluding hydrogens is 285 g/mol. The van der Waals surface area contributed by atoms with Crippen LogP contribution in [0.25, 0.3) is 0 Å². The van der Waals surface area contributed by atoms with Crippen molar-refractivity contribution in [3.63, 3.8) is 0 Å². The standard InChI is InChI=1S/C14H17F3N2O2/c15-14(16,17)9-1-5-11(6-2-9)19-13(20)21-12-7-3-10(18)4-8-12/h1-2,5-6,10,12H,3-4,7-8,18H2,(H,19,20). The maximum atomic E-state index is 12.4. The number of halogens is 3. The van der Waals surface area contributed by atoms with Crippen LogP contribution in [0.5, 0.6) is 0 Å². The van der Waals surface area contributed by atoms with Crippen LogP contribution >= 0.6 is 0 Å². The average Bonchev–Trinajstić information content (AvgIpc) is 2.41. The maximum Gasteiger partial charge on any atom is 0.416 e. The molecule has 0 aliphatic heterocycles. The van der Waals surface area contributed by atoms with E-state index in [1.807, 2.05) is 0 Å². The zero-order chi connectivity index (χ0) is 15.5. The van der Waals surface area contributed by atoms with Gasteiger partial charge in [0.15, 0.2) is 0 Å². The number of nitrogens with one attached hydrogen (secondary N) is 1. The summed E-state index contributed by atoms with van der Waals surface area (Å²) in [5.41, 5.74) is 5.26. The Kier molecular flexibility index (Phi) is 4.72. The van der Waals surface area contributed by atoms with E-state index >= 15 is 0 Å². The number of hydrogen-bond donors (Lipinski definition) is 2. The minimum absolute atomic E-state index is 0.155. The van der Waals surface area contributed by atoms with Crippen molar-refractivity contribution in [2.75, 3.05) is 5.32 Å². The second-order valence-corrected chi connectivity index (χ2v) is 5.14. The molecule has 2 rings (SSSR count). The highest BCUT2D eigenvalue weighted by atomic mass is 19.4. The molecular formula is C14H17F3N2O2. The molecule has 0 atom stereocenters. The lowest BCUT2D eigenvalue weighted by atomic mass is 9.94. The van der Waals surface area contributed by atoms with Crippen LogP contribution in [0.2, 0.25) is 0 Å². The van der Waals surface area contributed by atoms with Gasteiger partial charge in [0.2, 0.25) is 0 Å². The minimum atomic E-state index is -4.39. The molecule has 21 heavy (non-hydrogen) atoms. The molecule has 7 heteroatoms. The van der Waals surface area contributed by atoms with E-state index in [0.717, 1.165) is 25.0 Å². The molecule has 1 amide bonds. The van der Waals surface area contributed by atoms with E-state index in [0.29, 0.717) is 12.8 Å². The smallest absolute Gasteiger partial charge is 0.416 e. The zero-order valence-corrected chi connectivity index (χ0v) is 11.3. The second-order valence-electron chi connectivity index (χ2n) is 5.14. The van der Waals surface area contributed by atoms with Gasteiger partial charge >= 0.3 is 12.3 Å². The summed E-state index contributed by atoms with van der Waals surface area (Å²) >= 11 is 0. The Bertz CT molecular complexity index is 480. The highest BCUT2D eigenvalue weighted by molar-refractivity contribution is 5.84. The lowest BCUT2D eigenvalue weighted by Crippen LogP contribution is -2.32. The van der Waals surface area contributed by atoms with Crippen molar-refractivity contribution in [2.24, 2.45) is 5.73 Å². The molecule has 1 aromatic carbocycles. The molecule has 1 aliphatic carbocycles. The molecule has 0 saturated heterocycles. The molecule has 1 fully saturated rings. The van der Waals surface area contributed by atoms with Crippen molar-refractivity contribution >= 4 is 11.8 Å². The first kappa shape index (κ1) is 15.6. The number of ether oxygens (including phenoxy) is 1. The molecule has 0 bridgehead atoms. The predicted octanol–water partition coefficient (Wildman–Crippen LogP) is 3.52. The summed E-state index contributed by atoms with van der Waals surface area (Å²) < 4.78 is 42.4. The Balaban J connectivity index is 1.85.